The predicted octanol–water partition coefficient (Wildman–Crippen LogP) is 2.24. The topological polar surface area (TPSA) is 130 Å². The first kappa shape index (κ1) is 15.2. The highest BCUT2D eigenvalue weighted by Crippen LogP contribution is 2.31. The van der Waals surface area contributed by atoms with Gasteiger partial charge < -0.3 is 20.9 Å². The Labute approximate surface area is 136 Å². The van der Waals surface area contributed by atoms with Crippen molar-refractivity contribution in [2.75, 3.05) is 5.73 Å². The highest BCUT2D eigenvalue weighted by molar-refractivity contribution is 5.95. The minimum atomic E-state index is -1.21. The largest absolute Gasteiger partial charge is 0.455 e. The van der Waals surface area contributed by atoms with Crippen LogP contribution >= 0.6 is 0 Å². The van der Waals surface area contributed by atoms with Crippen LogP contribution in [-0.2, 0) is 4.74 Å². The molecule has 0 spiro atoms. The lowest BCUT2D eigenvalue weighted by atomic mass is 10.1. The van der Waals surface area contributed by atoms with Crippen LogP contribution in [0.1, 0.15) is 10.5 Å². The number of fused-ring (bicyclic) bond motifs is 1. The fraction of sp³-hybridized carbons (Fsp3) is 0. The van der Waals surface area contributed by atoms with E-state index in [1.165, 1.54) is 12.3 Å². The third kappa shape index (κ3) is 3.07. The number of carbonyl (C=O) groups is 2. The molecule has 0 unspecified atom stereocenters. The van der Waals surface area contributed by atoms with Crippen molar-refractivity contribution in [3.8, 4) is 11.5 Å². The van der Waals surface area contributed by atoms with E-state index in [2.05, 4.69) is 14.7 Å². The van der Waals surface area contributed by atoms with Crippen LogP contribution in [0.4, 0.5) is 10.5 Å². The molecule has 0 saturated heterocycles. The Kier molecular flexibility index (Phi) is 3.94. The molecular formula is C16H12N4O4. The molecule has 120 valence electrons. The molecule has 1 aromatic carbocycles. The number of primary amides is 1. The maximum atomic E-state index is 11.6. The van der Waals surface area contributed by atoms with Crippen LogP contribution in [0.3, 0.4) is 0 Å². The first-order chi connectivity index (χ1) is 11.5. The Morgan fingerprint density at radius 3 is 2.67 bits per heavy atom. The molecule has 0 fully saturated rings. The maximum Gasteiger partial charge on any atom is 0.412 e. The lowest BCUT2D eigenvalue weighted by molar-refractivity contribution is 0.0631. The number of rotatable bonds is 3. The van der Waals surface area contributed by atoms with E-state index >= 15 is 0 Å². The Balaban J connectivity index is 1.94. The van der Waals surface area contributed by atoms with Gasteiger partial charge in [-0.2, -0.15) is 0 Å². The number of benzene rings is 1. The van der Waals surface area contributed by atoms with Gasteiger partial charge in [0.25, 0.3) is 0 Å². The molecule has 2 aromatic heterocycles. The fourth-order valence-corrected chi connectivity index (χ4v) is 2.11. The number of ether oxygens (including phenoxy) is 2. The highest BCUT2D eigenvalue weighted by atomic mass is 16.6. The Hall–Kier alpha value is -3.68. The summed E-state index contributed by atoms with van der Waals surface area (Å²) in [6, 6.07) is 9.84. The van der Waals surface area contributed by atoms with E-state index in [4.69, 9.17) is 16.2 Å². The monoisotopic (exact) mass is 324 g/mol. The lowest BCUT2D eigenvalue weighted by Gasteiger charge is -2.10. The van der Waals surface area contributed by atoms with E-state index in [0.717, 1.165) is 5.39 Å². The van der Waals surface area contributed by atoms with Crippen LogP contribution in [0.5, 0.6) is 11.5 Å². The Morgan fingerprint density at radius 2 is 1.88 bits per heavy atom. The molecule has 0 bridgehead atoms. The molecule has 0 aliphatic rings. The molecule has 8 heteroatoms. The summed E-state index contributed by atoms with van der Waals surface area (Å²) >= 11 is 0. The van der Waals surface area contributed by atoms with Crippen LogP contribution in [-0.4, -0.2) is 22.0 Å². The third-order valence-electron chi connectivity index (χ3n) is 3.13. The highest BCUT2D eigenvalue weighted by Gasteiger charge is 2.14. The van der Waals surface area contributed by atoms with Crippen molar-refractivity contribution in [2.45, 2.75) is 0 Å². The summed E-state index contributed by atoms with van der Waals surface area (Å²) in [7, 11) is 0. The normalized spacial score (nSPS) is 10.3. The van der Waals surface area contributed by atoms with E-state index in [1.54, 1.807) is 30.5 Å². The van der Waals surface area contributed by atoms with Crippen molar-refractivity contribution in [2.24, 2.45) is 5.73 Å². The molecule has 3 aromatic rings. The van der Waals surface area contributed by atoms with Crippen molar-refractivity contribution in [1.29, 1.82) is 0 Å². The number of amides is 1. The van der Waals surface area contributed by atoms with E-state index in [1.807, 2.05) is 6.07 Å². The first-order valence-electron chi connectivity index (χ1n) is 6.83. The minimum absolute atomic E-state index is 0.112. The van der Waals surface area contributed by atoms with Gasteiger partial charge in [0, 0.05) is 29.5 Å². The molecule has 0 saturated carbocycles. The number of pyridine rings is 2. The molecular weight excluding hydrogens is 312 g/mol. The van der Waals surface area contributed by atoms with Crippen LogP contribution in [0.15, 0.2) is 48.8 Å². The van der Waals surface area contributed by atoms with Gasteiger partial charge in [-0.25, -0.2) is 14.6 Å². The molecule has 3 rings (SSSR count). The van der Waals surface area contributed by atoms with Gasteiger partial charge in [-0.1, -0.05) is 0 Å². The van der Waals surface area contributed by atoms with Crippen molar-refractivity contribution >= 4 is 28.7 Å². The van der Waals surface area contributed by atoms with Gasteiger partial charge in [0.05, 0.1) is 0 Å². The smallest absolute Gasteiger partial charge is 0.412 e. The molecule has 0 atom stereocenters. The van der Waals surface area contributed by atoms with Crippen molar-refractivity contribution in [3.63, 3.8) is 0 Å². The van der Waals surface area contributed by atoms with Crippen LogP contribution in [0.2, 0.25) is 0 Å². The first-order valence-corrected chi connectivity index (χ1v) is 6.83. The number of anilines is 1. The number of nitrogen functional groups attached to an aromatic ring is 1. The number of nitrogens with zero attached hydrogens (tertiary/aromatic N) is 2. The minimum Gasteiger partial charge on any atom is -0.455 e. The zero-order chi connectivity index (χ0) is 17.1. The molecule has 24 heavy (non-hydrogen) atoms. The average Bonchev–Trinajstić information content (AvgIpc) is 2.57. The summed E-state index contributed by atoms with van der Waals surface area (Å²) in [4.78, 5) is 30.4. The summed E-state index contributed by atoms with van der Waals surface area (Å²) in [5.74, 6) is -0.188. The van der Waals surface area contributed by atoms with Gasteiger partial charge in [0.1, 0.15) is 11.3 Å². The van der Waals surface area contributed by atoms with Crippen LogP contribution < -0.4 is 16.2 Å². The van der Waals surface area contributed by atoms with Crippen molar-refractivity contribution < 1.29 is 19.1 Å². The SMILES string of the molecule is NC(=O)OC(=O)c1cc(Oc2ccc(N)c3cccnc23)ccn1. The number of hydrogen-bond acceptors (Lipinski definition) is 7. The van der Waals surface area contributed by atoms with Crippen LogP contribution in [0.25, 0.3) is 10.9 Å². The molecule has 2 heterocycles. The average molecular weight is 324 g/mol. The molecule has 8 nitrogen and oxygen atoms in total. The lowest BCUT2D eigenvalue weighted by Crippen LogP contribution is -2.19. The zero-order valence-electron chi connectivity index (χ0n) is 12.3. The number of esters is 1. The summed E-state index contributed by atoms with van der Waals surface area (Å²) in [5, 5.41) is 0.748. The summed E-state index contributed by atoms with van der Waals surface area (Å²) in [6.07, 6.45) is 1.76. The molecule has 0 aliphatic carbocycles. The summed E-state index contributed by atoms with van der Waals surface area (Å²) in [6.45, 7) is 0. The second-order valence-corrected chi connectivity index (χ2v) is 4.74. The number of carbonyl (C=O) groups excluding carboxylic acids is 2. The second kappa shape index (κ2) is 6.21. The van der Waals surface area contributed by atoms with E-state index < -0.39 is 12.1 Å². The van der Waals surface area contributed by atoms with Gasteiger partial charge >= 0.3 is 12.1 Å². The molecule has 4 N–H and O–H groups in total. The quantitative estimate of drug-likeness (QED) is 0.429. The van der Waals surface area contributed by atoms with E-state index in [0.29, 0.717) is 22.7 Å². The standard InChI is InChI=1S/C16H12N4O4/c17-11-3-4-13(14-10(11)2-1-6-20-14)23-9-5-7-19-12(8-9)15(21)24-16(18)22/h1-8H,17H2,(H2,18,22). The summed E-state index contributed by atoms with van der Waals surface area (Å²) in [5.41, 5.74) is 11.8. The van der Waals surface area contributed by atoms with Crippen molar-refractivity contribution in [3.05, 3.63) is 54.5 Å². The Bertz CT molecular complexity index is 942. The van der Waals surface area contributed by atoms with E-state index in [9.17, 15) is 9.59 Å². The van der Waals surface area contributed by atoms with Gasteiger partial charge in [-0.15, -0.1) is 0 Å². The zero-order valence-corrected chi connectivity index (χ0v) is 12.3. The Morgan fingerprint density at radius 1 is 1.04 bits per heavy atom. The molecule has 0 aliphatic heterocycles. The number of nitrogens with two attached hydrogens (primary N) is 2. The van der Waals surface area contributed by atoms with Crippen LogP contribution in [0, 0.1) is 0 Å². The molecule has 1 amide bonds. The van der Waals surface area contributed by atoms with Gasteiger partial charge in [0.15, 0.2) is 11.4 Å². The van der Waals surface area contributed by atoms with Gasteiger partial charge in [-0.05, 0) is 30.3 Å². The third-order valence-corrected chi connectivity index (χ3v) is 3.13. The predicted molar refractivity (Wildman–Crippen MR) is 85.5 cm³/mol. The fourth-order valence-electron chi connectivity index (χ4n) is 2.11. The summed E-state index contributed by atoms with van der Waals surface area (Å²) < 4.78 is 10.0. The number of aromatic nitrogens is 2. The van der Waals surface area contributed by atoms with Crippen molar-refractivity contribution in [1.82, 2.24) is 9.97 Å². The molecule has 0 radical (unpaired) electrons. The number of hydrogen-bond donors (Lipinski definition) is 2. The van der Waals surface area contributed by atoms with Gasteiger partial charge in [-0.3, -0.25) is 4.98 Å². The van der Waals surface area contributed by atoms with E-state index in [-0.39, 0.29) is 5.69 Å². The second-order valence-electron chi connectivity index (χ2n) is 4.74. The van der Waals surface area contributed by atoms with Gasteiger partial charge in [0.2, 0.25) is 0 Å². The maximum absolute atomic E-state index is 11.6.